The fourth-order valence-corrected chi connectivity index (χ4v) is 3.92. The first-order valence-electron chi connectivity index (χ1n) is 11.6. The van der Waals surface area contributed by atoms with Gasteiger partial charge in [0, 0.05) is 20.0 Å². The molecule has 1 saturated heterocycles. The molecule has 0 aliphatic carbocycles. The summed E-state index contributed by atoms with van der Waals surface area (Å²) >= 11 is 0. The molecule has 3 rings (SSSR count). The standard InChI is InChI=1S/C24H27N3O12/c1-12(29)37-18-17(16(22(32)35-3)25-24(34)36-11-14-7-5-4-6-8-14)39-21(19(18)38-13(2)30)27-9-15(10-28)20(31)26-23(27)33/h4-9,16-19,21,28H,10-11H2,1-3H3,(H,25,34)(H,26,31,33)/t16-,17+,18+,19+,21+/m0/s1. The molecule has 1 aromatic carbocycles. The first-order chi connectivity index (χ1) is 18.5. The molecular formula is C24H27N3O12. The van der Waals surface area contributed by atoms with E-state index in [0.29, 0.717) is 5.56 Å². The Hall–Kier alpha value is -4.50. The minimum atomic E-state index is -1.68. The predicted octanol–water partition coefficient (Wildman–Crippen LogP) is -0.742. The monoisotopic (exact) mass is 549 g/mol. The molecule has 2 aromatic rings. The van der Waals surface area contributed by atoms with Gasteiger partial charge >= 0.3 is 29.7 Å². The van der Waals surface area contributed by atoms with Crippen LogP contribution >= 0.6 is 0 Å². The van der Waals surface area contributed by atoms with Crippen LogP contribution in [0.25, 0.3) is 0 Å². The molecule has 0 bridgehead atoms. The van der Waals surface area contributed by atoms with Gasteiger partial charge in [-0.2, -0.15) is 0 Å². The minimum absolute atomic E-state index is 0.144. The Balaban J connectivity index is 2.00. The molecule has 3 N–H and O–H groups in total. The molecule has 39 heavy (non-hydrogen) atoms. The van der Waals surface area contributed by atoms with Gasteiger partial charge in [0.25, 0.3) is 5.56 Å². The highest BCUT2D eigenvalue weighted by atomic mass is 16.6. The molecule has 1 amide bonds. The molecular weight excluding hydrogens is 522 g/mol. The van der Waals surface area contributed by atoms with Gasteiger partial charge in [-0.25, -0.2) is 14.4 Å². The second-order valence-electron chi connectivity index (χ2n) is 8.33. The lowest BCUT2D eigenvalue weighted by Gasteiger charge is -2.27. The van der Waals surface area contributed by atoms with E-state index in [1.807, 2.05) is 4.98 Å². The summed E-state index contributed by atoms with van der Waals surface area (Å²) in [5.74, 6) is -2.77. The average Bonchev–Trinajstić information content (AvgIpc) is 3.22. The summed E-state index contributed by atoms with van der Waals surface area (Å²) < 4.78 is 27.2. The lowest BCUT2D eigenvalue weighted by Crippen LogP contribution is -2.54. The number of carbonyl (C=O) groups excluding carboxylic acids is 4. The van der Waals surface area contributed by atoms with Crippen molar-refractivity contribution in [2.24, 2.45) is 0 Å². The highest BCUT2D eigenvalue weighted by Gasteiger charge is 2.55. The maximum atomic E-state index is 12.8. The molecule has 15 heteroatoms. The zero-order chi connectivity index (χ0) is 28.7. The first-order valence-corrected chi connectivity index (χ1v) is 11.6. The van der Waals surface area contributed by atoms with Crippen molar-refractivity contribution in [3.8, 4) is 0 Å². The van der Waals surface area contributed by atoms with Crippen LogP contribution in [-0.2, 0) is 51.3 Å². The van der Waals surface area contributed by atoms with Crippen molar-refractivity contribution >= 4 is 24.0 Å². The number of methoxy groups -OCH3 is 1. The van der Waals surface area contributed by atoms with Crippen molar-refractivity contribution in [1.82, 2.24) is 14.9 Å². The summed E-state index contributed by atoms with van der Waals surface area (Å²) in [7, 11) is 1.03. The average molecular weight is 549 g/mol. The van der Waals surface area contributed by atoms with Crippen LogP contribution in [0, 0.1) is 0 Å². The van der Waals surface area contributed by atoms with Crippen LogP contribution in [0.3, 0.4) is 0 Å². The summed E-state index contributed by atoms with van der Waals surface area (Å²) in [6.45, 7) is 1.19. The zero-order valence-electron chi connectivity index (χ0n) is 21.2. The van der Waals surface area contributed by atoms with Gasteiger partial charge in [0.15, 0.2) is 24.5 Å². The third-order valence-electron chi connectivity index (χ3n) is 5.59. The normalized spacial score (nSPS) is 20.9. The Bertz CT molecular complexity index is 1320. The molecule has 1 fully saturated rings. The van der Waals surface area contributed by atoms with E-state index in [1.165, 1.54) is 0 Å². The predicted molar refractivity (Wildman–Crippen MR) is 128 cm³/mol. The van der Waals surface area contributed by atoms with E-state index < -0.39 is 72.4 Å². The number of H-pyrrole nitrogens is 1. The summed E-state index contributed by atoms with van der Waals surface area (Å²) in [6.07, 6.45) is -6.34. The number of carbonyl (C=O) groups is 4. The van der Waals surface area contributed by atoms with E-state index in [2.05, 4.69) is 5.32 Å². The number of esters is 3. The van der Waals surface area contributed by atoms with Gasteiger partial charge in [0.1, 0.15) is 12.7 Å². The topological polar surface area (TPSA) is 202 Å². The minimum Gasteiger partial charge on any atom is -0.467 e. The molecule has 1 aromatic heterocycles. The molecule has 15 nitrogen and oxygen atoms in total. The molecule has 0 saturated carbocycles. The Kier molecular flexibility index (Phi) is 9.57. The number of aromatic nitrogens is 2. The van der Waals surface area contributed by atoms with Gasteiger partial charge in [-0.15, -0.1) is 0 Å². The van der Waals surface area contributed by atoms with E-state index in [-0.39, 0.29) is 12.2 Å². The molecule has 0 spiro atoms. The van der Waals surface area contributed by atoms with Crippen molar-refractivity contribution in [2.45, 2.75) is 57.6 Å². The van der Waals surface area contributed by atoms with Crippen LogP contribution in [0.5, 0.6) is 0 Å². The smallest absolute Gasteiger partial charge is 0.408 e. The van der Waals surface area contributed by atoms with E-state index in [1.54, 1.807) is 30.3 Å². The van der Waals surface area contributed by atoms with Crippen LogP contribution in [0.2, 0.25) is 0 Å². The summed E-state index contributed by atoms with van der Waals surface area (Å²) in [4.78, 5) is 75.9. The Morgan fingerprint density at radius 3 is 2.31 bits per heavy atom. The van der Waals surface area contributed by atoms with Crippen molar-refractivity contribution in [3.05, 3.63) is 68.5 Å². The van der Waals surface area contributed by atoms with Gasteiger partial charge in [0.05, 0.1) is 19.3 Å². The molecule has 0 radical (unpaired) electrons. The molecule has 1 aliphatic rings. The quantitative estimate of drug-likeness (QED) is 0.262. The van der Waals surface area contributed by atoms with E-state index in [0.717, 1.165) is 31.7 Å². The summed E-state index contributed by atoms with van der Waals surface area (Å²) in [5, 5.41) is 11.8. The number of aliphatic hydroxyl groups excluding tert-OH is 1. The molecule has 1 aliphatic heterocycles. The SMILES string of the molecule is COC(=O)[C@@H](NC(=O)OCc1ccccc1)[C@H]1O[C@@H](n2cc(CO)c(=O)[nH]c2=O)[C@H](OC(C)=O)[C@@H]1OC(C)=O. The van der Waals surface area contributed by atoms with Gasteiger partial charge in [-0.05, 0) is 5.56 Å². The number of alkyl carbamates (subject to hydrolysis) is 1. The van der Waals surface area contributed by atoms with Crippen LogP contribution < -0.4 is 16.6 Å². The van der Waals surface area contributed by atoms with Crippen molar-refractivity contribution in [2.75, 3.05) is 7.11 Å². The Morgan fingerprint density at radius 2 is 1.72 bits per heavy atom. The number of hydrogen-bond donors (Lipinski definition) is 3. The van der Waals surface area contributed by atoms with Gasteiger partial charge in [0.2, 0.25) is 0 Å². The number of amides is 1. The van der Waals surface area contributed by atoms with Gasteiger partial charge in [-0.1, -0.05) is 30.3 Å². The van der Waals surface area contributed by atoms with Crippen molar-refractivity contribution < 1.29 is 48.0 Å². The van der Waals surface area contributed by atoms with E-state index >= 15 is 0 Å². The molecule has 5 atom stereocenters. The number of nitrogens with one attached hydrogen (secondary N) is 2. The molecule has 0 unspecified atom stereocenters. The Morgan fingerprint density at radius 1 is 1.08 bits per heavy atom. The number of nitrogens with zero attached hydrogens (tertiary/aromatic N) is 1. The number of aliphatic hydroxyl groups is 1. The van der Waals surface area contributed by atoms with Crippen LogP contribution in [0.4, 0.5) is 4.79 Å². The number of benzene rings is 1. The lowest BCUT2D eigenvalue weighted by atomic mass is 10.0. The van der Waals surface area contributed by atoms with Gasteiger partial charge < -0.3 is 34.1 Å². The highest BCUT2D eigenvalue weighted by molar-refractivity contribution is 5.82. The van der Waals surface area contributed by atoms with Crippen LogP contribution in [0.1, 0.15) is 31.2 Å². The third kappa shape index (κ3) is 7.08. The summed E-state index contributed by atoms with van der Waals surface area (Å²) in [6, 6.07) is 6.98. The van der Waals surface area contributed by atoms with Crippen molar-refractivity contribution in [1.29, 1.82) is 0 Å². The molecule has 2 heterocycles. The second-order valence-corrected chi connectivity index (χ2v) is 8.33. The first kappa shape index (κ1) is 29.1. The number of ether oxygens (including phenoxy) is 5. The van der Waals surface area contributed by atoms with Gasteiger partial charge in [-0.3, -0.25) is 23.9 Å². The van der Waals surface area contributed by atoms with E-state index in [9.17, 15) is 33.9 Å². The second kappa shape index (κ2) is 12.8. The number of hydrogen-bond acceptors (Lipinski definition) is 12. The maximum Gasteiger partial charge on any atom is 0.408 e. The largest absolute Gasteiger partial charge is 0.467 e. The zero-order valence-corrected chi connectivity index (χ0v) is 21.2. The fourth-order valence-electron chi connectivity index (χ4n) is 3.92. The van der Waals surface area contributed by atoms with Crippen molar-refractivity contribution in [3.63, 3.8) is 0 Å². The fraction of sp³-hybridized carbons (Fsp3) is 0.417. The summed E-state index contributed by atoms with van der Waals surface area (Å²) in [5.41, 5.74) is -1.47. The van der Waals surface area contributed by atoms with Crippen LogP contribution in [0.15, 0.2) is 46.1 Å². The number of rotatable bonds is 9. The Labute approximate surface area is 220 Å². The number of aromatic amines is 1. The molecule has 210 valence electrons. The van der Waals surface area contributed by atoms with E-state index in [4.69, 9.17) is 23.7 Å². The highest BCUT2D eigenvalue weighted by Crippen LogP contribution is 2.35. The van der Waals surface area contributed by atoms with Crippen LogP contribution in [-0.4, -0.2) is 70.1 Å². The third-order valence-corrected chi connectivity index (χ3v) is 5.59. The lowest BCUT2D eigenvalue weighted by molar-refractivity contribution is -0.166. The maximum absolute atomic E-state index is 12.8.